The highest BCUT2D eigenvalue weighted by molar-refractivity contribution is 5.74. The number of likely N-dealkylation sites (tertiary alicyclic amines) is 1. The molecule has 3 rings (SSSR count). The molecule has 1 atom stereocenters. The molecule has 1 unspecified atom stereocenters. The fourth-order valence-electron chi connectivity index (χ4n) is 3.95. The van der Waals surface area contributed by atoms with Crippen LogP contribution in [0.15, 0.2) is 48.5 Å². The van der Waals surface area contributed by atoms with Gasteiger partial charge < -0.3 is 19.9 Å². The highest BCUT2D eigenvalue weighted by Gasteiger charge is 2.25. The summed E-state index contributed by atoms with van der Waals surface area (Å²) in [7, 11) is 0. The SMILES string of the molecule is CCN1CCC(CN(Cc2ccc(F)cc2)C(=O)NCc2ccc(OCC(C)C)cc2)C1. The molecule has 0 spiro atoms. The number of halogens is 1. The van der Waals surface area contributed by atoms with Crippen LogP contribution in [0, 0.1) is 17.7 Å². The second-order valence-electron chi connectivity index (χ2n) is 9.06. The van der Waals surface area contributed by atoms with Crippen LogP contribution in [0.4, 0.5) is 9.18 Å². The molecule has 2 amide bonds. The maximum absolute atomic E-state index is 13.3. The van der Waals surface area contributed by atoms with Crippen LogP contribution in [-0.2, 0) is 13.1 Å². The molecule has 0 aromatic heterocycles. The van der Waals surface area contributed by atoms with Gasteiger partial charge in [-0.2, -0.15) is 0 Å². The molecule has 1 saturated heterocycles. The number of carbonyl (C=O) groups excluding carboxylic acids is 1. The Morgan fingerprint density at radius 2 is 1.84 bits per heavy atom. The summed E-state index contributed by atoms with van der Waals surface area (Å²) >= 11 is 0. The Bertz CT molecular complexity index is 839. The van der Waals surface area contributed by atoms with E-state index in [-0.39, 0.29) is 11.8 Å². The maximum Gasteiger partial charge on any atom is 0.317 e. The van der Waals surface area contributed by atoms with Crippen molar-refractivity contribution in [1.82, 2.24) is 15.1 Å². The van der Waals surface area contributed by atoms with E-state index < -0.39 is 0 Å². The zero-order chi connectivity index (χ0) is 22.9. The highest BCUT2D eigenvalue weighted by atomic mass is 19.1. The highest BCUT2D eigenvalue weighted by Crippen LogP contribution is 2.19. The number of rotatable bonds is 10. The molecule has 5 nitrogen and oxygen atoms in total. The van der Waals surface area contributed by atoms with E-state index in [4.69, 9.17) is 4.74 Å². The van der Waals surface area contributed by atoms with Gasteiger partial charge in [0, 0.05) is 26.2 Å². The molecule has 1 N–H and O–H groups in total. The normalized spacial score (nSPS) is 16.3. The van der Waals surface area contributed by atoms with Gasteiger partial charge in [0.2, 0.25) is 0 Å². The Morgan fingerprint density at radius 1 is 1.16 bits per heavy atom. The van der Waals surface area contributed by atoms with Gasteiger partial charge in [-0.3, -0.25) is 0 Å². The second-order valence-corrected chi connectivity index (χ2v) is 9.06. The molecular formula is C26H36FN3O2. The molecule has 0 bridgehead atoms. The average Bonchev–Trinajstić information content (AvgIpc) is 3.25. The van der Waals surface area contributed by atoms with Crippen LogP contribution in [0.1, 0.15) is 38.3 Å². The van der Waals surface area contributed by atoms with Crippen LogP contribution in [0.5, 0.6) is 5.75 Å². The zero-order valence-corrected chi connectivity index (χ0v) is 19.5. The van der Waals surface area contributed by atoms with Crippen LogP contribution < -0.4 is 10.1 Å². The molecule has 2 aromatic rings. The molecule has 1 aliphatic heterocycles. The second kappa shape index (κ2) is 11.9. The largest absolute Gasteiger partial charge is 0.493 e. The molecule has 2 aromatic carbocycles. The third kappa shape index (κ3) is 7.52. The summed E-state index contributed by atoms with van der Waals surface area (Å²) in [6.45, 7) is 11.8. The summed E-state index contributed by atoms with van der Waals surface area (Å²) in [6.07, 6.45) is 1.10. The van der Waals surface area contributed by atoms with E-state index in [0.717, 1.165) is 42.9 Å². The van der Waals surface area contributed by atoms with Crippen LogP contribution in [0.2, 0.25) is 0 Å². The molecule has 174 valence electrons. The number of carbonyl (C=O) groups is 1. The predicted molar refractivity (Wildman–Crippen MR) is 126 cm³/mol. The summed E-state index contributed by atoms with van der Waals surface area (Å²) in [5.41, 5.74) is 1.95. The van der Waals surface area contributed by atoms with Gasteiger partial charge in [0.25, 0.3) is 0 Å². The lowest BCUT2D eigenvalue weighted by Gasteiger charge is -2.26. The summed E-state index contributed by atoms with van der Waals surface area (Å²) in [4.78, 5) is 17.4. The number of amides is 2. The van der Waals surface area contributed by atoms with E-state index in [2.05, 4.69) is 31.0 Å². The minimum absolute atomic E-state index is 0.0931. The number of hydrogen-bond acceptors (Lipinski definition) is 3. The molecule has 6 heteroatoms. The lowest BCUT2D eigenvalue weighted by molar-refractivity contribution is 0.183. The molecule has 0 radical (unpaired) electrons. The number of nitrogens with one attached hydrogen (secondary N) is 1. The van der Waals surface area contributed by atoms with E-state index in [1.54, 1.807) is 12.1 Å². The van der Waals surface area contributed by atoms with Gasteiger partial charge in [0.05, 0.1) is 6.61 Å². The first-order valence-electron chi connectivity index (χ1n) is 11.6. The predicted octanol–water partition coefficient (Wildman–Crippen LogP) is 4.91. The number of nitrogens with zero attached hydrogens (tertiary/aromatic N) is 2. The quantitative estimate of drug-likeness (QED) is 0.570. The number of hydrogen-bond donors (Lipinski definition) is 1. The molecule has 0 saturated carbocycles. The van der Waals surface area contributed by atoms with E-state index in [1.807, 2.05) is 29.2 Å². The first-order valence-corrected chi connectivity index (χ1v) is 11.6. The first-order chi connectivity index (χ1) is 15.4. The average molecular weight is 442 g/mol. The van der Waals surface area contributed by atoms with Gasteiger partial charge in [-0.25, -0.2) is 9.18 Å². The third-order valence-electron chi connectivity index (χ3n) is 5.82. The Hall–Kier alpha value is -2.60. The molecular weight excluding hydrogens is 405 g/mol. The van der Waals surface area contributed by atoms with Crippen molar-refractivity contribution in [3.05, 3.63) is 65.5 Å². The van der Waals surface area contributed by atoms with Crippen LogP contribution >= 0.6 is 0 Å². The summed E-state index contributed by atoms with van der Waals surface area (Å²) in [5.74, 6) is 1.51. The Balaban J connectivity index is 1.59. The van der Waals surface area contributed by atoms with E-state index in [9.17, 15) is 9.18 Å². The van der Waals surface area contributed by atoms with Gasteiger partial charge in [0.15, 0.2) is 0 Å². The zero-order valence-electron chi connectivity index (χ0n) is 19.5. The third-order valence-corrected chi connectivity index (χ3v) is 5.82. The standard InChI is InChI=1S/C26H36FN3O2/c1-4-29-14-13-23(16-29)18-30(17-22-5-9-24(27)10-6-22)26(31)28-15-21-7-11-25(12-8-21)32-19-20(2)3/h5-12,20,23H,4,13-19H2,1-3H3,(H,28,31). The topological polar surface area (TPSA) is 44.8 Å². The Labute approximate surface area is 191 Å². The Morgan fingerprint density at radius 3 is 2.47 bits per heavy atom. The first kappa shape index (κ1) is 24.1. The number of benzene rings is 2. The summed E-state index contributed by atoms with van der Waals surface area (Å²) < 4.78 is 19.0. The van der Waals surface area contributed by atoms with Crippen LogP contribution in [0.25, 0.3) is 0 Å². The molecule has 1 heterocycles. The summed E-state index contributed by atoms with van der Waals surface area (Å²) in [5, 5.41) is 3.06. The molecule has 0 aliphatic carbocycles. The van der Waals surface area contributed by atoms with E-state index >= 15 is 0 Å². The van der Waals surface area contributed by atoms with Crippen molar-refractivity contribution in [3.8, 4) is 5.75 Å². The van der Waals surface area contributed by atoms with Crippen LogP contribution in [0.3, 0.4) is 0 Å². The minimum atomic E-state index is -0.264. The molecule has 32 heavy (non-hydrogen) atoms. The van der Waals surface area contributed by atoms with Crippen molar-refractivity contribution in [3.63, 3.8) is 0 Å². The van der Waals surface area contributed by atoms with E-state index in [0.29, 0.717) is 38.1 Å². The lowest BCUT2D eigenvalue weighted by atomic mass is 10.1. The number of urea groups is 1. The van der Waals surface area contributed by atoms with E-state index in [1.165, 1.54) is 12.1 Å². The van der Waals surface area contributed by atoms with Gasteiger partial charge in [0.1, 0.15) is 11.6 Å². The fraction of sp³-hybridized carbons (Fsp3) is 0.500. The fourth-order valence-corrected chi connectivity index (χ4v) is 3.95. The monoisotopic (exact) mass is 441 g/mol. The van der Waals surface area contributed by atoms with Gasteiger partial charge in [-0.1, -0.05) is 45.0 Å². The van der Waals surface area contributed by atoms with Gasteiger partial charge >= 0.3 is 6.03 Å². The van der Waals surface area contributed by atoms with Crippen molar-refractivity contribution >= 4 is 6.03 Å². The van der Waals surface area contributed by atoms with Crippen molar-refractivity contribution in [2.45, 2.75) is 40.3 Å². The van der Waals surface area contributed by atoms with Gasteiger partial charge in [-0.05, 0) is 66.7 Å². The molecule has 1 aliphatic rings. The number of ether oxygens (including phenoxy) is 1. The Kier molecular flexibility index (Phi) is 8.91. The smallest absolute Gasteiger partial charge is 0.317 e. The van der Waals surface area contributed by atoms with Crippen molar-refractivity contribution in [2.24, 2.45) is 11.8 Å². The summed E-state index contributed by atoms with van der Waals surface area (Å²) in [6, 6.07) is 14.1. The van der Waals surface area contributed by atoms with Crippen molar-refractivity contribution < 1.29 is 13.9 Å². The van der Waals surface area contributed by atoms with Gasteiger partial charge in [-0.15, -0.1) is 0 Å². The van der Waals surface area contributed by atoms with Crippen molar-refractivity contribution in [1.29, 1.82) is 0 Å². The lowest BCUT2D eigenvalue weighted by Crippen LogP contribution is -2.42. The molecule has 1 fully saturated rings. The maximum atomic E-state index is 13.3. The van der Waals surface area contributed by atoms with Crippen LogP contribution in [-0.4, -0.2) is 48.6 Å². The minimum Gasteiger partial charge on any atom is -0.493 e. The van der Waals surface area contributed by atoms with Crippen molar-refractivity contribution in [2.75, 3.05) is 32.8 Å².